The number of ether oxygens (including phenoxy) is 5. The van der Waals surface area contributed by atoms with Crippen molar-refractivity contribution < 1.29 is 48.3 Å². The number of oxime groups is 1. The molecule has 6 atom stereocenters. The molecule has 0 saturated heterocycles. The van der Waals surface area contributed by atoms with Crippen LogP contribution in [-0.4, -0.2) is 85.3 Å². The third kappa shape index (κ3) is 11.0. The molecule has 70 heavy (non-hydrogen) atoms. The average Bonchev–Trinajstić information content (AvgIpc) is 3.91. The van der Waals surface area contributed by atoms with E-state index in [1.165, 1.54) is 20.0 Å². The van der Waals surface area contributed by atoms with Crippen LogP contribution in [0, 0.1) is 23.7 Å². The third-order valence-corrected chi connectivity index (χ3v) is 15.0. The Morgan fingerprint density at radius 2 is 1.69 bits per heavy atom. The van der Waals surface area contributed by atoms with Gasteiger partial charge in [0.25, 0.3) is 0 Å². The lowest BCUT2D eigenvalue weighted by Crippen LogP contribution is -2.70. The summed E-state index contributed by atoms with van der Waals surface area (Å²) < 4.78 is 31.8. The lowest BCUT2D eigenvalue weighted by atomic mass is 9.55. The van der Waals surface area contributed by atoms with E-state index >= 15 is 4.79 Å². The van der Waals surface area contributed by atoms with Crippen molar-refractivity contribution in [2.24, 2.45) is 28.8 Å². The Kier molecular flexibility index (Phi) is 17.2. The molecule has 1 aliphatic heterocycles. The summed E-state index contributed by atoms with van der Waals surface area (Å²) in [5.41, 5.74) is 3.95. The fourth-order valence-corrected chi connectivity index (χ4v) is 11.8. The Bertz CT molecular complexity index is 2500. The van der Waals surface area contributed by atoms with Gasteiger partial charge in [-0.3, -0.25) is 10.1 Å². The van der Waals surface area contributed by atoms with Gasteiger partial charge in [-0.25, -0.2) is 4.79 Å². The van der Waals surface area contributed by atoms with Crippen LogP contribution in [0.1, 0.15) is 107 Å². The van der Waals surface area contributed by atoms with E-state index in [0.717, 1.165) is 78.1 Å². The van der Waals surface area contributed by atoms with Gasteiger partial charge in [0.1, 0.15) is 35.6 Å². The molecule has 4 aromatic rings. The number of nitrogens with one attached hydrogen (secondary N) is 1. The number of amides is 2. The van der Waals surface area contributed by atoms with Crippen LogP contribution in [0.2, 0.25) is 0 Å². The molecule has 8 rings (SSSR count). The Morgan fingerprint density at radius 3 is 2.44 bits per heavy atom. The van der Waals surface area contributed by atoms with Crippen molar-refractivity contribution in [2.45, 2.75) is 115 Å². The van der Waals surface area contributed by atoms with Crippen LogP contribution in [0.5, 0.6) is 23.0 Å². The van der Waals surface area contributed by atoms with Gasteiger partial charge in [-0.15, -0.1) is 6.58 Å². The number of carbonyl (C=O) groups is 2. The second kappa shape index (κ2) is 23.8. The number of carbonyl (C=O) groups excluding carboxylic acids is 2. The predicted octanol–water partition coefficient (Wildman–Crippen LogP) is 11.1. The minimum atomic E-state index is -1.44. The van der Waals surface area contributed by atoms with Gasteiger partial charge in [0.2, 0.25) is 11.7 Å². The molecule has 374 valence electrons. The van der Waals surface area contributed by atoms with Gasteiger partial charge in [-0.1, -0.05) is 98.3 Å². The quantitative estimate of drug-likeness (QED) is 0.0371. The smallest absolute Gasteiger partial charge is 0.417 e. The summed E-state index contributed by atoms with van der Waals surface area (Å²) in [7, 11) is 3.08. The SMILES string of the molecule is C=CCOC12Oc3ccc(OC(=O)Nc4ccc(OC)cc4OC)cc3C3C(CCCCO)C(CCCCO)C=C(C(=NOCC)CC1N(Cc1cccc4ccccc14)C(=O)CCC1CCCC1)C32. The van der Waals surface area contributed by atoms with Gasteiger partial charge in [-0.2, -0.15) is 0 Å². The summed E-state index contributed by atoms with van der Waals surface area (Å²) in [5.74, 6) is 0.151. The second-order valence-electron chi connectivity index (χ2n) is 19.1. The molecule has 2 amide bonds. The van der Waals surface area contributed by atoms with Gasteiger partial charge in [-0.05, 0) is 109 Å². The highest BCUT2D eigenvalue weighted by atomic mass is 16.7. The van der Waals surface area contributed by atoms with Gasteiger partial charge >= 0.3 is 6.09 Å². The molecule has 3 N–H and O–H groups in total. The van der Waals surface area contributed by atoms with Crippen LogP contribution in [-0.2, 0) is 20.9 Å². The number of benzene rings is 4. The van der Waals surface area contributed by atoms with Crippen LogP contribution in [0.25, 0.3) is 10.8 Å². The normalized spacial score (nSPS) is 23.1. The van der Waals surface area contributed by atoms with Crippen LogP contribution in [0.15, 0.2) is 108 Å². The standard InChI is InChI=1S/C57H71N3O10/c1-5-32-67-57-52(60(53(63)29-24-38-16-7-8-17-38)37-41-21-15-20-39-18-9-10-22-44(39)41)36-49(59-68-6-2)46-33-40(19-11-13-30-61)45(23-12-14-31-62)54(55(46)57)47-34-43(26-28-50(47)70-57)69-56(64)58-48-27-25-42(65-3)35-51(48)66-4/h5,9-10,15,18,20-22,25-28,33-35,38,40,45,52,54-55,61-62H,1,6-8,11-14,16-17,19,23-24,29-32,36-37H2,2-4H3,(H,58,64). The molecular formula is C57H71N3O10. The number of allylic oxidation sites excluding steroid dienone is 1. The molecule has 1 heterocycles. The molecule has 3 aliphatic carbocycles. The topological polar surface area (TPSA) is 158 Å². The number of unbranched alkanes of at least 4 members (excludes halogenated alkanes) is 2. The zero-order chi connectivity index (χ0) is 49.0. The van der Waals surface area contributed by atoms with E-state index in [1.54, 1.807) is 37.5 Å². The van der Waals surface area contributed by atoms with E-state index in [0.29, 0.717) is 73.4 Å². The molecule has 4 aromatic carbocycles. The molecule has 0 spiro atoms. The number of hydrogen-bond acceptors (Lipinski definition) is 11. The van der Waals surface area contributed by atoms with E-state index in [9.17, 15) is 15.0 Å². The number of methoxy groups -OCH3 is 2. The molecule has 0 aromatic heterocycles. The first-order valence-corrected chi connectivity index (χ1v) is 25.4. The maximum atomic E-state index is 15.4. The lowest BCUT2D eigenvalue weighted by molar-refractivity contribution is -0.258. The third-order valence-electron chi connectivity index (χ3n) is 15.0. The van der Waals surface area contributed by atoms with Crippen LogP contribution in [0.3, 0.4) is 0 Å². The number of aliphatic hydroxyl groups excluding tert-OH is 2. The summed E-state index contributed by atoms with van der Waals surface area (Å²) in [4.78, 5) is 37.2. The highest BCUT2D eigenvalue weighted by Gasteiger charge is 2.65. The number of aliphatic hydroxyl groups is 2. The minimum Gasteiger partial charge on any atom is -0.497 e. The van der Waals surface area contributed by atoms with Gasteiger partial charge in [0.15, 0.2) is 0 Å². The van der Waals surface area contributed by atoms with Crippen molar-refractivity contribution in [3.63, 3.8) is 0 Å². The lowest BCUT2D eigenvalue weighted by Gasteiger charge is -2.60. The second-order valence-corrected chi connectivity index (χ2v) is 19.1. The first kappa shape index (κ1) is 50.5. The fourth-order valence-electron chi connectivity index (χ4n) is 11.8. The summed E-state index contributed by atoms with van der Waals surface area (Å²) in [6, 6.07) is 24.5. The molecule has 6 unspecified atom stereocenters. The van der Waals surface area contributed by atoms with Crippen LogP contribution < -0.4 is 24.3 Å². The maximum Gasteiger partial charge on any atom is 0.417 e. The zero-order valence-corrected chi connectivity index (χ0v) is 41.1. The summed E-state index contributed by atoms with van der Waals surface area (Å²) in [6.45, 7) is 6.98. The predicted molar refractivity (Wildman–Crippen MR) is 271 cm³/mol. The summed E-state index contributed by atoms with van der Waals surface area (Å²) >= 11 is 0. The molecular weight excluding hydrogens is 887 g/mol. The molecule has 13 nitrogen and oxygen atoms in total. The van der Waals surface area contributed by atoms with Crippen LogP contribution in [0.4, 0.5) is 10.5 Å². The Balaban J connectivity index is 1.29. The van der Waals surface area contributed by atoms with Crippen molar-refractivity contribution >= 4 is 34.2 Å². The number of nitrogens with zero attached hydrogens (tertiary/aromatic N) is 2. The number of fused-ring (bicyclic) bond motifs is 3. The zero-order valence-electron chi connectivity index (χ0n) is 41.1. The number of anilines is 1. The van der Waals surface area contributed by atoms with Crippen molar-refractivity contribution in [3.05, 3.63) is 114 Å². The molecule has 0 radical (unpaired) electrons. The number of rotatable bonds is 23. The molecule has 2 fully saturated rings. The first-order valence-electron chi connectivity index (χ1n) is 25.4. The Morgan fingerprint density at radius 1 is 0.914 bits per heavy atom. The largest absolute Gasteiger partial charge is 0.497 e. The van der Waals surface area contributed by atoms with Crippen molar-refractivity contribution in [1.29, 1.82) is 0 Å². The van der Waals surface area contributed by atoms with E-state index in [4.69, 9.17) is 33.7 Å². The number of hydrogen-bond donors (Lipinski definition) is 3. The van der Waals surface area contributed by atoms with Gasteiger partial charge in [0, 0.05) is 50.1 Å². The highest BCUT2D eigenvalue weighted by Crippen LogP contribution is 2.62. The molecule has 13 heteroatoms. The van der Waals surface area contributed by atoms with E-state index < -0.39 is 23.8 Å². The minimum absolute atomic E-state index is 0.0161. The Hall–Kier alpha value is -5.89. The summed E-state index contributed by atoms with van der Waals surface area (Å²) in [5, 5.41) is 30.0. The van der Waals surface area contributed by atoms with Gasteiger partial charge < -0.3 is 43.6 Å². The molecule has 4 aliphatic rings. The van der Waals surface area contributed by atoms with E-state index in [2.05, 4.69) is 48.3 Å². The van der Waals surface area contributed by atoms with Crippen molar-refractivity contribution in [3.8, 4) is 23.0 Å². The van der Waals surface area contributed by atoms with E-state index in [-0.39, 0.29) is 43.5 Å². The average molecular weight is 958 g/mol. The fraction of sp³-hybridized carbons (Fsp3) is 0.491. The molecule has 0 bridgehead atoms. The monoisotopic (exact) mass is 958 g/mol. The van der Waals surface area contributed by atoms with Crippen molar-refractivity contribution in [2.75, 3.05) is 46.0 Å². The van der Waals surface area contributed by atoms with E-state index in [1.807, 2.05) is 36.1 Å². The maximum absolute atomic E-state index is 15.4. The van der Waals surface area contributed by atoms with Crippen LogP contribution >= 0.6 is 0 Å². The Labute approximate surface area is 412 Å². The first-order chi connectivity index (χ1) is 34.2. The summed E-state index contributed by atoms with van der Waals surface area (Å²) in [6.07, 6.45) is 13.9. The molecule has 2 saturated carbocycles. The van der Waals surface area contributed by atoms with Gasteiger partial charge in [0.05, 0.1) is 38.1 Å². The highest BCUT2D eigenvalue weighted by molar-refractivity contribution is 6.03. The van der Waals surface area contributed by atoms with Crippen molar-refractivity contribution in [1.82, 2.24) is 4.90 Å².